The Kier molecular flexibility index (Phi) is 22.0. The van der Waals surface area contributed by atoms with Gasteiger partial charge in [0.1, 0.15) is 5.78 Å². The molecule has 2 unspecified atom stereocenters. The first-order valence-electron chi connectivity index (χ1n) is 27.9. The van der Waals surface area contributed by atoms with E-state index in [1.165, 1.54) is 0 Å². The van der Waals surface area contributed by atoms with Crippen molar-refractivity contribution in [2.45, 2.75) is 92.1 Å². The lowest BCUT2D eigenvalue weighted by atomic mass is 9.83. The molecule has 2 fully saturated rings. The van der Waals surface area contributed by atoms with Crippen molar-refractivity contribution >= 4 is 60.6 Å². The first-order chi connectivity index (χ1) is 38.5. The first-order valence-corrected chi connectivity index (χ1v) is 31.8. The molecule has 8 rings (SSSR count). The van der Waals surface area contributed by atoms with Gasteiger partial charge in [-0.1, -0.05) is 53.9 Å². The van der Waals surface area contributed by atoms with Crippen molar-refractivity contribution in [3.8, 4) is 6.07 Å². The second-order valence-electron chi connectivity index (χ2n) is 21.9. The normalized spacial score (nSPS) is 20.0. The van der Waals surface area contributed by atoms with Gasteiger partial charge in [0.2, 0.25) is 10.0 Å². The molecule has 21 heteroatoms. The van der Waals surface area contributed by atoms with Crippen LogP contribution in [-0.4, -0.2) is 166 Å². The fourth-order valence-electron chi connectivity index (χ4n) is 11.6. The number of rotatable bonds is 27. The predicted octanol–water partition coefficient (Wildman–Crippen LogP) is 7.96. The summed E-state index contributed by atoms with van der Waals surface area (Å²) < 4.78 is 69.2. The largest absolute Gasteiger partial charge is 0.380 e. The number of carbonyl (C=O) groups is 2. The highest BCUT2D eigenvalue weighted by atomic mass is 35.5. The molecule has 4 aromatic rings. The van der Waals surface area contributed by atoms with E-state index in [9.17, 15) is 31.7 Å². The van der Waals surface area contributed by atoms with Crippen molar-refractivity contribution in [1.29, 1.82) is 5.26 Å². The molecule has 3 N–H and O–H groups in total. The van der Waals surface area contributed by atoms with Gasteiger partial charge in [-0.25, -0.2) is 31.2 Å². The number of urea groups is 1. The molecular weight excluding hydrogens is 1100 g/mol. The van der Waals surface area contributed by atoms with E-state index in [0.29, 0.717) is 144 Å². The molecule has 2 saturated heterocycles. The third-order valence-corrected chi connectivity index (χ3v) is 19.6. The number of sulfone groups is 1. The molecule has 4 aliphatic heterocycles. The van der Waals surface area contributed by atoms with Crippen molar-refractivity contribution in [1.82, 2.24) is 35.0 Å². The first kappa shape index (κ1) is 61.1. The molecule has 0 bridgehead atoms. The van der Waals surface area contributed by atoms with E-state index in [-0.39, 0.29) is 46.3 Å². The number of likely N-dealkylation sites (N-methyl/N-ethyl adjacent to an activating group) is 2. The summed E-state index contributed by atoms with van der Waals surface area (Å²) in [6, 6.07) is 23.2. The highest BCUT2D eigenvalue weighted by Crippen LogP contribution is 2.41. The van der Waals surface area contributed by atoms with Gasteiger partial charge in [-0.15, -0.1) is 0 Å². The highest BCUT2D eigenvalue weighted by Gasteiger charge is 2.33. The summed E-state index contributed by atoms with van der Waals surface area (Å²) in [7, 11) is -3.34. The standard InChI is InChI=1S/C59H75Cl2N9O8S2/c1-63-58-33-47(61)32-53-55(38-68(3)40-57(53)58)44-11-8-15-51(30-44)80(75,76)66-48-17-21-70(36-48)23-27-78-25-19-65-59(72)64-18-6-4-5-12-49(71)13-9-24-77-26-22-69-20-16-42(35-69)41-79(73,74)50-14-7-10-43(29-50)54-37-67(2)39-56-45(34-62)28-46(60)31-52(54)56/h7-8,10-11,14-15,28-33,42,48,54-55,66H,4-6,9,12-13,16-27,35-41H2,2-3H3,(H2,64,65,72)/t42-,48-,54?,55?/m0/s1. The van der Waals surface area contributed by atoms with Gasteiger partial charge in [0.15, 0.2) is 15.5 Å². The minimum atomic E-state index is -3.80. The average Bonchev–Trinajstić information content (AvgIpc) is 4.11. The number of fused-ring (bicyclic) bond motifs is 2. The van der Waals surface area contributed by atoms with E-state index in [0.717, 1.165) is 72.2 Å². The molecule has 4 heterocycles. The SMILES string of the molecule is [C-]#[N+]c1cc(Cl)cc2c1CN(C)CC2c1cccc(S(=O)(=O)N[C@H]2CCN(CCOCCNC(=O)NCCCCCC(=O)CCCOCCN3CC[C@H](CS(=O)(=O)c4cccc(C5CN(C)Cc6c(C#N)cc(Cl)cc65)c4)C3)C2)c1. The second-order valence-corrected chi connectivity index (χ2v) is 26.5. The van der Waals surface area contributed by atoms with Crippen molar-refractivity contribution in [2.75, 3.05) is 112 Å². The predicted molar refractivity (Wildman–Crippen MR) is 311 cm³/mol. The van der Waals surface area contributed by atoms with Crippen LogP contribution in [0.15, 0.2) is 82.6 Å². The summed E-state index contributed by atoms with van der Waals surface area (Å²) in [5, 5.41) is 16.4. The summed E-state index contributed by atoms with van der Waals surface area (Å²) in [6.07, 6.45) is 5.43. The van der Waals surface area contributed by atoms with Gasteiger partial charge in [-0.3, -0.25) is 9.69 Å². The van der Waals surface area contributed by atoms with Gasteiger partial charge in [0.05, 0.1) is 53.6 Å². The molecule has 0 saturated carbocycles. The van der Waals surface area contributed by atoms with Gasteiger partial charge >= 0.3 is 6.03 Å². The topological polar surface area (TPSA) is 198 Å². The van der Waals surface area contributed by atoms with Gasteiger partial charge in [-0.2, -0.15) is 5.26 Å². The fraction of sp³-hybridized carbons (Fsp3) is 0.525. The molecule has 4 atom stereocenters. The molecular formula is C59H75Cl2N9O8S2. The fourth-order valence-corrected chi connectivity index (χ4v) is 15.1. The van der Waals surface area contributed by atoms with Crippen LogP contribution in [0.1, 0.15) is 102 Å². The molecule has 17 nitrogen and oxygen atoms in total. The van der Waals surface area contributed by atoms with Crippen LogP contribution in [0.3, 0.4) is 0 Å². The van der Waals surface area contributed by atoms with Crippen LogP contribution in [0.25, 0.3) is 4.85 Å². The number of sulfonamides is 1. The van der Waals surface area contributed by atoms with Gasteiger partial charge < -0.3 is 34.8 Å². The zero-order valence-corrected chi connectivity index (χ0v) is 49.1. The van der Waals surface area contributed by atoms with Crippen molar-refractivity contribution in [3.63, 3.8) is 0 Å². The Labute approximate surface area is 483 Å². The Morgan fingerprint density at radius 3 is 2.04 bits per heavy atom. The Morgan fingerprint density at radius 1 is 0.713 bits per heavy atom. The van der Waals surface area contributed by atoms with E-state index in [4.69, 9.17) is 39.2 Å². The van der Waals surface area contributed by atoms with E-state index >= 15 is 0 Å². The maximum atomic E-state index is 13.7. The molecule has 0 aromatic heterocycles. The summed E-state index contributed by atoms with van der Waals surface area (Å²) in [4.78, 5) is 37.7. The Bertz CT molecular complexity index is 2930. The highest BCUT2D eigenvalue weighted by molar-refractivity contribution is 7.91. The number of ether oxygens (including phenoxy) is 2. The monoisotopic (exact) mass is 1170 g/mol. The summed E-state index contributed by atoms with van der Waals surface area (Å²) >= 11 is 12.8. The third kappa shape index (κ3) is 16.8. The summed E-state index contributed by atoms with van der Waals surface area (Å²) in [5.74, 6) is 0.0626. The molecule has 4 aliphatic rings. The maximum Gasteiger partial charge on any atom is 0.314 e. The minimum Gasteiger partial charge on any atom is -0.380 e. The van der Waals surface area contributed by atoms with Crippen LogP contribution < -0.4 is 15.4 Å². The van der Waals surface area contributed by atoms with E-state index in [1.807, 2.05) is 44.4 Å². The summed E-state index contributed by atoms with van der Waals surface area (Å²) in [5.41, 5.74) is 6.61. The zero-order valence-electron chi connectivity index (χ0n) is 45.9. The van der Waals surface area contributed by atoms with Crippen LogP contribution in [0.4, 0.5) is 10.5 Å². The number of amides is 2. The average molecular weight is 1170 g/mol. The number of hydrogen-bond donors (Lipinski definition) is 3. The van der Waals surface area contributed by atoms with Crippen LogP contribution >= 0.6 is 23.2 Å². The number of Topliss-reactive ketones (excluding diaryl/α,β-unsaturated/α-hetero) is 1. The second kappa shape index (κ2) is 28.8. The maximum absolute atomic E-state index is 13.7. The number of halogens is 2. The lowest BCUT2D eigenvalue weighted by Crippen LogP contribution is -2.38. The number of nitrogens with one attached hydrogen (secondary N) is 3. The quantitative estimate of drug-likeness (QED) is 0.0384. The van der Waals surface area contributed by atoms with Crippen molar-refractivity contribution in [2.24, 2.45) is 5.92 Å². The molecule has 0 radical (unpaired) electrons. The van der Waals surface area contributed by atoms with E-state index in [1.54, 1.807) is 42.5 Å². The molecule has 4 aromatic carbocycles. The molecule has 0 spiro atoms. The van der Waals surface area contributed by atoms with Crippen molar-refractivity contribution < 1.29 is 35.9 Å². The number of unbranched alkanes of at least 4 members (excludes halogenated alkanes) is 2. The van der Waals surface area contributed by atoms with Gasteiger partial charge in [-0.05, 0) is 147 Å². The van der Waals surface area contributed by atoms with E-state index in [2.05, 4.69) is 45.9 Å². The van der Waals surface area contributed by atoms with Crippen molar-refractivity contribution in [3.05, 3.63) is 133 Å². The number of benzene rings is 4. The van der Waals surface area contributed by atoms with Gasteiger partial charge in [0.25, 0.3) is 0 Å². The number of likely N-dealkylation sites (tertiary alicyclic amines) is 2. The number of nitrogens with zero attached hydrogens (tertiary/aromatic N) is 6. The molecule has 0 aliphatic carbocycles. The van der Waals surface area contributed by atoms with Crippen LogP contribution in [0, 0.1) is 23.8 Å². The Morgan fingerprint density at radius 2 is 1.32 bits per heavy atom. The lowest BCUT2D eigenvalue weighted by Gasteiger charge is -2.33. The van der Waals surface area contributed by atoms with Crippen LogP contribution in [-0.2, 0) is 47.2 Å². The number of hydrogen-bond acceptors (Lipinski definition) is 13. The third-order valence-electron chi connectivity index (χ3n) is 15.7. The molecule has 2 amide bonds. The van der Waals surface area contributed by atoms with Gasteiger partial charge in [0, 0.05) is 113 Å². The Balaban J connectivity index is 0.615. The minimum absolute atomic E-state index is 0.0206. The summed E-state index contributed by atoms with van der Waals surface area (Å²) in [6.45, 7) is 17.1. The number of nitriles is 1. The van der Waals surface area contributed by atoms with Crippen LogP contribution in [0.5, 0.6) is 0 Å². The smallest absolute Gasteiger partial charge is 0.314 e. The Hall–Kier alpha value is -5.00. The lowest BCUT2D eigenvalue weighted by molar-refractivity contribution is -0.119. The number of carbonyl (C=O) groups excluding carboxylic acids is 2. The molecule has 80 heavy (non-hydrogen) atoms. The molecule has 430 valence electrons. The number of ketones is 1. The zero-order chi connectivity index (χ0) is 56.8. The van der Waals surface area contributed by atoms with Crippen LogP contribution in [0.2, 0.25) is 10.0 Å². The van der Waals surface area contributed by atoms with E-state index < -0.39 is 19.9 Å².